The van der Waals surface area contributed by atoms with E-state index in [1.165, 1.54) is 0 Å². The average Bonchev–Trinajstić information content (AvgIpc) is 2.69. The first-order valence-electron chi connectivity index (χ1n) is 9.56. The second kappa shape index (κ2) is 10.7. The molecular formula is C21H31Cl2N3O2S. The molecule has 0 spiro atoms. The van der Waals surface area contributed by atoms with E-state index >= 15 is 0 Å². The lowest BCUT2D eigenvalue weighted by atomic mass is 9.94. The molecule has 1 aromatic carbocycles. The van der Waals surface area contributed by atoms with Crippen LogP contribution >= 0.6 is 24.8 Å². The number of halogens is 2. The molecule has 1 saturated heterocycles. The van der Waals surface area contributed by atoms with Gasteiger partial charge in [-0.25, -0.2) is 8.42 Å². The third-order valence-corrected chi connectivity index (χ3v) is 7.09. The Kier molecular flexibility index (Phi) is 9.57. The van der Waals surface area contributed by atoms with Crippen LogP contribution in [0.3, 0.4) is 0 Å². The molecule has 0 unspecified atom stereocenters. The molecule has 0 amide bonds. The molecule has 1 aliphatic rings. The summed E-state index contributed by atoms with van der Waals surface area (Å²) in [5, 5.41) is 3.40. The molecular weight excluding hydrogens is 429 g/mol. The number of aromatic nitrogens is 1. The predicted molar refractivity (Wildman–Crippen MR) is 124 cm³/mol. The Labute approximate surface area is 187 Å². The van der Waals surface area contributed by atoms with Crippen molar-refractivity contribution in [3.63, 3.8) is 0 Å². The second-order valence-corrected chi connectivity index (χ2v) is 9.97. The van der Waals surface area contributed by atoms with Gasteiger partial charge in [-0.15, -0.1) is 24.8 Å². The highest BCUT2D eigenvalue weighted by Gasteiger charge is 2.28. The lowest BCUT2D eigenvalue weighted by Crippen LogP contribution is -2.54. The second-order valence-electron chi connectivity index (χ2n) is 7.69. The molecule has 1 aromatic heterocycles. The summed E-state index contributed by atoms with van der Waals surface area (Å²) in [6, 6.07) is 11.2. The van der Waals surface area contributed by atoms with Crippen molar-refractivity contribution < 1.29 is 8.42 Å². The van der Waals surface area contributed by atoms with Crippen LogP contribution in [0.1, 0.15) is 26.5 Å². The number of pyridine rings is 1. The number of hydrogen-bond acceptors (Lipinski definition) is 5. The van der Waals surface area contributed by atoms with Gasteiger partial charge in [0, 0.05) is 55.6 Å². The molecule has 2 aromatic rings. The van der Waals surface area contributed by atoms with Crippen molar-refractivity contribution in [1.29, 1.82) is 0 Å². The molecule has 1 aliphatic heterocycles. The van der Waals surface area contributed by atoms with E-state index in [1.807, 2.05) is 18.3 Å². The van der Waals surface area contributed by atoms with E-state index in [4.69, 9.17) is 0 Å². The maximum Gasteiger partial charge on any atom is 0.178 e. The van der Waals surface area contributed by atoms with E-state index in [2.05, 4.69) is 41.2 Å². The SMILES string of the molecule is CCS(=O)(=O)c1ccc(-c2ccc(CC(C)(C)N3CCNCC3)nc2)cc1.Cl.Cl. The minimum atomic E-state index is -3.16. The zero-order chi connectivity index (χ0) is 19.5. The van der Waals surface area contributed by atoms with E-state index in [1.54, 1.807) is 19.1 Å². The van der Waals surface area contributed by atoms with Crippen LogP contribution in [-0.4, -0.2) is 55.8 Å². The van der Waals surface area contributed by atoms with E-state index in [0.29, 0.717) is 4.90 Å². The fourth-order valence-electron chi connectivity index (χ4n) is 3.55. The molecule has 8 heteroatoms. The number of piperazine rings is 1. The van der Waals surface area contributed by atoms with Gasteiger partial charge in [0.2, 0.25) is 0 Å². The fourth-order valence-corrected chi connectivity index (χ4v) is 4.43. The van der Waals surface area contributed by atoms with E-state index < -0.39 is 9.84 Å². The van der Waals surface area contributed by atoms with Crippen molar-refractivity contribution >= 4 is 34.7 Å². The molecule has 0 atom stereocenters. The van der Waals surface area contributed by atoms with Crippen molar-refractivity contribution in [3.8, 4) is 11.1 Å². The molecule has 5 nitrogen and oxygen atoms in total. The van der Waals surface area contributed by atoms with Gasteiger partial charge in [0.1, 0.15) is 0 Å². The summed E-state index contributed by atoms with van der Waals surface area (Å²) < 4.78 is 23.9. The smallest absolute Gasteiger partial charge is 0.178 e. The number of benzene rings is 1. The largest absolute Gasteiger partial charge is 0.314 e. The van der Waals surface area contributed by atoms with Gasteiger partial charge in [0.25, 0.3) is 0 Å². The summed E-state index contributed by atoms with van der Waals surface area (Å²) in [6.07, 6.45) is 2.79. The standard InChI is InChI=1S/C21H29N3O2S.2ClH/c1-4-27(25,26)20-9-6-17(7-10-20)18-5-8-19(23-16-18)15-21(2,3)24-13-11-22-12-14-24;;/h5-10,16,22H,4,11-15H2,1-3H3;2*1H. The molecule has 0 bridgehead atoms. The molecule has 0 saturated carbocycles. The minimum absolute atomic E-state index is 0. The van der Waals surface area contributed by atoms with Crippen molar-refractivity contribution in [2.75, 3.05) is 31.9 Å². The zero-order valence-electron chi connectivity index (χ0n) is 17.2. The van der Waals surface area contributed by atoms with E-state index in [9.17, 15) is 8.42 Å². The maximum absolute atomic E-state index is 11.9. The summed E-state index contributed by atoms with van der Waals surface area (Å²) in [6.45, 7) is 10.4. The number of sulfone groups is 1. The highest BCUT2D eigenvalue weighted by atomic mass is 35.5. The quantitative estimate of drug-likeness (QED) is 0.714. The Morgan fingerprint density at radius 3 is 2.10 bits per heavy atom. The first-order valence-corrected chi connectivity index (χ1v) is 11.2. The Morgan fingerprint density at radius 1 is 1.00 bits per heavy atom. The molecule has 2 heterocycles. The number of rotatable bonds is 6. The van der Waals surface area contributed by atoms with Crippen molar-refractivity contribution in [2.45, 2.75) is 37.6 Å². The van der Waals surface area contributed by atoms with Crippen LogP contribution in [-0.2, 0) is 16.3 Å². The van der Waals surface area contributed by atoms with Gasteiger partial charge in [-0.3, -0.25) is 9.88 Å². The zero-order valence-corrected chi connectivity index (χ0v) is 19.7. The van der Waals surface area contributed by atoms with Crippen LogP contribution in [0, 0.1) is 0 Å². The van der Waals surface area contributed by atoms with Gasteiger partial charge in [0.05, 0.1) is 10.6 Å². The van der Waals surface area contributed by atoms with Crippen LogP contribution in [0.4, 0.5) is 0 Å². The van der Waals surface area contributed by atoms with E-state index in [-0.39, 0.29) is 36.1 Å². The van der Waals surface area contributed by atoms with Crippen LogP contribution in [0.25, 0.3) is 11.1 Å². The minimum Gasteiger partial charge on any atom is -0.314 e. The van der Waals surface area contributed by atoms with Crippen LogP contribution in [0.15, 0.2) is 47.5 Å². The normalized spacial score (nSPS) is 15.3. The van der Waals surface area contributed by atoms with Gasteiger partial charge in [-0.2, -0.15) is 0 Å². The van der Waals surface area contributed by atoms with Crippen molar-refractivity contribution in [2.24, 2.45) is 0 Å². The lowest BCUT2D eigenvalue weighted by molar-refractivity contribution is 0.103. The van der Waals surface area contributed by atoms with Crippen LogP contribution < -0.4 is 5.32 Å². The monoisotopic (exact) mass is 459 g/mol. The van der Waals surface area contributed by atoms with Gasteiger partial charge in [0.15, 0.2) is 9.84 Å². The molecule has 0 radical (unpaired) electrons. The van der Waals surface area contributed by atoms with Crippen LogP contribution in [0.2, 0.25) is 0 Å². The third-order valence-electron chi connectivity index (χ3n) is 5.34. The topological polar surface area (TPSA) is 62.3 Å². The first kappa shape index (κ1) is 25.9. The predicted octanol–water partition coefficient (Wildman–Crippen LogP) is 3.61. The number of nitrogens with zero attached hydrogens (tertiary/aromatic N) is 2. The molecule has 1 N–H and O–H groups in total. The number of hydrogen-bond donors (Lipinski definition) is 1. The van der Waals surface area contributed by atoms with Crippen LogP contribution in [0.5, 0.6) is 0 Å². The fraction of sp³-hybridized carbons (Fsp3) is 0.476. The van der Waals surface area contributed by atoms with Gasteiger partial charge < -0.3 is 5.32 Å². The van der Waals surface area contributed by atoms with Crippen molar-refractivity contribution in [1.82, 2.24) is 15.2 Å². The molecule has 3 rings (SSSR count). The molecule has 29 heavy (non-hydrogen) atoms. The van der Waals surface area contributed by atoms with Gasteiger partial charge in [-0.1, -0.05) is 25.1 Å². The summed E-state index contributed by atoms with van der Waals surface area (Å²) in [5.41, 5.74) is 3.13. The summed E-state index contributed by atoms with van der Waals surface area (Å²) >= 11 is 0. The molecule has 0 aliphatic carbocycles. The highest BCUT2D eigenvalue weighted by Crippen LogP contribution is 2.24. The average molecular weight is 460 g/mol. The molecule has 1 fully saturated rings. The molecule has 162 valence electrons. The third kappa shape index (κ3) is 6.40. The summed E-state index contributed by atoms with van der Waals surface area (Å²) in [7, 11) is -3.16. The Balaban J connectivity index is 0.00000210. The highest BCUT2D eigenvalue weighted by molar-refractivity contribution is 7.91. The summed E-state index contributed by atoms with van der Waals surface area (Å²) in [4.78, 5) is 7.55. The maximum atomic E-state index is 11.9. The van der Waals surface area contributed by atoms with E-state index in [0.717, 1.165) is 49.4 Å². The Bertz CT molecular complexity index is 864. The van der Waals surface area contributed by atoms with Gasteiger partial charge in [-0.05, 0) is 37.6 Å². The van der Waals surface area contributed by atoms with Gasteiger partial charge >= 0.3 is 0 Å². The lowest BCUT2D eigenvalue weighted by Gasteiger charge is -2.41. The number of nitrogens with one attached hydrogen (secondary N) is 1. The van der Waals surface area contributed by atoms with Crippen molar-refractivity contribution in [3.05, 3.63) is 48.3 Å². The first-order chi connectivity index (χ1) is 12.8. The summed E-state index contributed by atoms with van der Waals surface area (Å²) in [5.74, 6) is 0.117. The Hall–Kier alpha value is -1.18. The Morgan fingerprint density at radius 2 is 1.59 bits per heavy atom.